The molecule has 1 aliphatic heterocycles. The van der Waals surface area contributed by atoms with E-state index in [1.165, 1.54) is 0 Å². The molecule has 2 amide bonds. The second-order valence-corrected chi connectivity index (χ2v) is 6.30. The van der Waals surface area contributed by atoms with Crippen molar-refractivity contribution in [3.05, 3.63) is 48.7 Å². The Morgan fingerprint density at radius 1 is 1.04 bits per heavy atom. The van der Waals surface area contributed by atoms with Crippen LogP contribution in [-0.2, 0) is 9.59 Å². The van der Waals surface area contributed by atoms with E-state index in [-0.39, 0.29) is 24.7 Å². The molecule has 2 heterocycles. The van der Waals surface area contributed by atoms with E-state index in [1.54, 1.807) is 25.4 Å². The smallest absolute Gasteiger partial charge is 0.224 e. The van der Waals surface area contributed by atoms with Crippen LogP contribution < -0.4 is 15.0 Å². The summed E-state index contributed by atoms with van der Waals surface area (Å²) in [5.41, 5.74) is 0.612. The van der Waals surface area contributed by atoms with Gasteiger partial charge in [-0.25, -0.2) is 4.98 Å². The predicted octanol–water partition coefficient (Wildman–Crippen LogP) is 2.16. The molecule has 1 N–H and O–H groups in total. The van der Waals surface area contributed by atoms with Gasteiger partial charge in [0.05, 0.1) is 12.8 Å². The van der Waals surface area contributed by atoms with Crippen LogP contribution in [-0.4, -0.2) is 55.0 Å². The molecule has 1 fully saturated rings. The minimum absolute atomic E-state index is 0.00541. The number of aromatic nitrogens is 1. The van der Waals surface area contributed by atoms with Crippen LogP contribution in [0, 0.1) is 0 Å². The molecule has 1 aromatic carbocycles. The zero-order valence-electron chi connectivity index (χ0n) is 15.4. The summed E-state index contributed by atoms with van der Waals surface area (Å²) in [5.74, 6) is 1.34. The minimum Gasteiger partial charge on any atom is -0.495 e. The van der Waals surface area contributed by atoms with Crippen molar-refractivity contribution in [3.8, 4) is 5.75 Å². The fraction of sp³-hybridized carbons (Fsp3) is 0.350. The van der Waals surface area contributed by atoms with E-state index in [0.29, 0.717) is 24.5 Å². The second-order valence-electron chi connectivity index (χ2n) is 6.30. The Kier molecular flexibility index (Phi) is 6.25. The van der Waals surface area contributed by atoms with Gasteiger partial charge in [0.25, 0.3) is 0 Å². The first-order valence-corrected chi connectivity index (χ1v) is 9.04. The van der Waals surface area contributed by atoms with Gasteiger partial charge in [-0.1, -0.05) is 18.2 Å². The van der Waals surface area contributed by atoms with Crippen molar-refractivity contribution < 1.29 is 14.3 Å². The Bertz CT molecular complexity index is 774. The normalized spacial score (nSPS) is 14.0. The van der Waals surface area contributed by atoms with Crippen molar-refractivity contribution in [3.63, 3.8) is 0 Å². The number of ether oxygens (including phenoxy) is 1. The van der Waals surface area contributed by atoms with E-state index < -0.39 is 0 Å². The molecule has 1 aromatic heterocycles. The average molecular weight is 368 g/mol. The summed E-state index contributed by atoms with van der Waals surface area (Å²) in [5, 5.41) is 2.80. The van der Waals surface area contributed by atoms with Crippen LogP contribution in [0.5, 0.6) is 5.75 Å². The number of carbonyl (C=O) groups is 2. The van der Waals surface area contributed by atoms with E-state index in [1.807, 2.05) is 35.2 Å². The number of hydrogen-bond acceptors (Lipinski definition) is 5. The van der Waals surface area contributed by atoms with Gasteiger partial charge in [-0.2, -0.15) is 0 Å². The summed E-state index contributed by atoms with van der Waals surface area (Å²) in [6.07, 6.45) is 2.12. The highest BCUT2D eigenvalue weighted by atomic mass is 16.5. The van der Waals surface area contributed by atoms with Crippen LogP contribution in [0.2, 0.25) is 0 Å². The fourth-order valence-corrected chi connectivity index (χ4v) is 3.06. The van der Waals surface area contributed by atoms with Crippen LogP contribution in [0.1, 0.15) is 12.8 Å². The molecular formula is C20H24N4O3. The van der Waals surface area contributed by atoms with E-state index in [4.69, 9.17) is 4.74 Å². The zero-order chi connectivity index (χ0) is 19.1. The van der Waals surface area contributed by atoms with Crippen molar-refractivity contribution in [2.24, 2.45) is 0 Å². The van der Waals surface area contributed by atoms with E-state index in [9.17, 15) is 9.59 Å². The zero-order valence-corrected chi connectivity index (χ0v) is 15.4. The first kappa shape index (κ1) is 18.7. The molecule has 27 heavy (non-hydrogen) atoms. The lowest BCUT2D eigenvalue weighted by atomic mass is 10.2. The lowest BCUT2D eigenvalue weighted by Gasteiger charge is -2.35. The molecule has 0 unspecified atom stereocenters. The SMILES string of the molecule is COc1ccccc1NC(=O)CCC(=O)N1CCN(c2ccccn2)CC1. The van der Waals surface area contributed by atoms with Crippen molar-refractivity contribution in [1.29, 1.82) is 0 Å². The van der Waals surface area contributed by atoms with E-state index in [2.05, 4.69) is 15.2 Å². The van der Waals surface area contributed by atoms with E-state index >= 15 is 0 Å². The van der Waals surface area contributed by atoms with Crippen LogP contribution in [0.3, 0.4) is 0 Å². The number of amides is 2. The Morgan fingerprint density at radius 3 is 2.48 bits per heavy atom. The molecule has 0 bridgehead atoms. The molecule has 0 atom stereocenters. The molecular weight excluding hydrogens is 344 g/mol. The Labute approximate surface area is 158 Å². The number of benzene rings is 1. The Hall–Kier alpha value is -3.09. The number of piperazine rings is 1. The van der Waals surface area contributed by atoms with E-state index in [0.717, 1.165) is 18.9 Å². The van der Waals surface area contributed by atoms with Gasteiger partial charge in [0.2, 0.25) is 11.8 Å². The van der Waals surface area contributed by atoms with Gasteiger partial charge >= 0.3 is 0 Å². The summed E-state index contributed by atoms with van der Waals surface area (Å²) in [4.78, 5) is 32.9. The lowest BCUT2D eigenvalue weighted by Crippen LogP contribution is -2.49. The molecule has 0 radical (unpaired) electrons. The van der Waals surface area contributed by atoms with Crippen molar-refractivity contribution in [1.82, 2.24) is 9.88 Å². The molecule has 0 saturated carbocycles. The van der Waals surface area contributed by atoms with Gasteiger partial charge in [0, 0.05) is 45.2 Å². The second kappa shape index (κ2) is 9.02. The highest BCUT2D eigenvalue weighted by Gasteiger charge is 2.22. The number of methoxy groups -OCH3 is 1. The molecule has 7 nitrogen and oxygen atoms in total. The average Bonchev–Trinajstić information content (AvgIpc) is 2.73. The van der Waals surface area contributed by atoms with Crippen LogP contribution >= 0.6 is 0 Å². The maximum atomic E-state index is 12.4. The number of nitrogens with one attached hydrogen (secondary N) is 1. The van der Waals surface area contributed by atoms with Gasteiger partial charge in [-0.15, -0.1) is 0 Å². The Balaban J connectivity index is 1.44. The van der Waals surface area contributed by atoms with Crippen molar-refractivity contribution in [2.75, 3.05) is 43.5 Å². The minimum atomic E-state index is -0.194. The molecule has 7 heteroatoms. The topological polar surface area (TPSA) is 74.8 Å². The molecule has 2 aromatic rings. The number of para-hydroxylation sites is 2. The highest BCUT2D eigenvalue weighted by molar-refractivity contribution is 5.94. The molecule has 0 aliphatic carbocycles. The van der Waals surface area contributed by atoms with Crippen LogP contribution in [0.15, 0.2) is 48.7 Å². The van der Waals surface area contributed by atoms with Gasteiger partial charge in [-0.05, 0) is 24.3 Å². The predicted molar refractivity (Wildman–Crippen MR) is 104 cm³/mol. The number of hydrogen-bond donors (Lipinski definition) is 1. The molecule has 3 rings (SSSR count). The van der Waals surface area contributed by atoms with Gasteiger partial charge in [0.15, 0.2) is 0 Å². The number of anilines is 2. The third-order valence-electron chi connectivity index (χ3n) is 4.55. The third kappa shape index (κ3) is 4.97. The standard InChI is InChI=1S/C20H24N4O3/c1-27-17-7-3-2-6-16(17)22-19(25)9-10-20(26)24-14-12-23(13-15-24)18-8-4-5-11-21-18/h2-8,11H,9-10,12-15H2,1H3,(H,22,25). The molecule has 142 valence electrons. The number of rotatable bonds is 6. The van der Waals surface area contributed by atoms with Crippen LogP contribution in [0.4, 0.5) is 11.5 Å². The van der Waals surface area contributed by atoms with Gasteiger partial charge in [-0.3, -0.25) is 9.59 Å². The first-order valence-electron chi connectivity index (χ1n) is 9.04. The maximum Gasteiger partial charge on any atom is 0.224 e. The Morgan fingerprint density at radius 2 is 1.78 bits per heavy atom. The number of carbonyl (C=O) groups excluding carboxylic acids is 2. The summed E-state index contributed by atoms with van der Waals surface area (Å²) in [6, 6.07) is 13.0. The largest absolute Gasteiger partial charge is 0.495 e. The third-order valence-corrected chi connectivity index (χ3v) is 4.55. The van der Waals surface area contributed by atoms with Gasteiger partial charge < -0.3 is 19.9 Å². The molecule has 1 saturated heterocycles. The van der Waals surface area contributed by atoms with Crippen molar-refractivity contribution >= 4 is 23.3 Å². The monoisotopic (exact) mass is 368 g/mol. The summed E-state index contributed by atoms with van der Waals surface area (Å²) in [7, 11) is 1.55. The lowest BCUT2D eigenvalue weighted by molar-refractivity contribution is -0.133. The fourth-order valence-electron chi connectivity index (χ4n) is 3.06. The summed E-state index contributed by atoms with van der Waals surface area (Å²) in [6.45, 7) is 2.78. The summed E-state index contributed by atoms with van der Waals surface area (Å²) >= 11 is 0. The van der Waals surface area contributed by atoms with Gasteiger partial charge in [0.1, 0.15) is 11.6 Å². The molecule has 0 spiro atoms. The molecule has 1 aliphatic rings. The quantitative estimate of drug-likeness (QED) is 0.846. The highest BCUT2D eigenvalue weighted by Crippen LogP contribution is 2.23. The number of nitrogens with zero attached hydrogens (tertiary/aromatic N) is 3. The van der Waals surface area contributed by atoms with Crippen molar-refractivity contribution in [2.45, 2.75) is 12.8 Å². The first-order chi connectivity index (χ1) is 13.2. The van der Waals surface area contributed by atoms with Crippen LogP contribution in [0.25, 0.3) is 0 Å². The maximum absolute atomic E-state index is 12.4. The number of pyridine rings is 1. The summed E-state index contributed by atoms with van der Waals surface area (Å²) < 4.78 is 5.21.